The van der Waals surface area contributed by atoms with E-state index < -0.39 is 15.9 Å². The number of nitrogens with one attached hydrogen (secondary N) is 1. The summed E-state index contributed by atoms with van der Waals surface area (Å²) < 4.78 is 43.4. The van der Waals surface area contributed by atoms with E-state index in [0.717, 1.165) is 10.1 Å². The number of para-hydroxylation sites is 1. The standard InChI is InChI=1S/C26H30N2O6S/c1-5-32-24-17-20(12-14-23(24)34-16-15-33-22-9-7-6-8-10-22)26(29)27-21-13-11-19(2)25(18-21)35(30,31)28(3)4/h6-14,17-18H,5,15-16H2,1-4H3,(H,27,29). The van der Waals surface area contributed by atoms with Gasteiger partial charge in [-0.15, -0.1) is 0 Å². The number of nitrogens with zero attached hydrogens (tertiary/aromatic N) is 1. The average molecular weight is 499 g/mol. The molecule has 1 amide bonds. The number of amides is 1. The molecule has 35 heavy (non-hydrogen) atoms. The number of rotatable bonds is 11. The molecular formula is C26H30N2O6S. The van der Waals surface area contributed by atoms with Crippen LogP contribution in [0.15, 0.2) is 71.6 Å². The second kappa shape index (κ2) is 11.7. The largest absolute Gasteiger partial charge is 0.490 e. The normalized spacial score (nSPS) is 11.2. The van der Waals surface area contributed by atoms with Crippen molar-refractivity contribution in [3.8, 4) is 17.2 Å². The average Bonchev–Trinajstić information content (AvgIpc) is 2.84. The Morgan fingerprint density at radius 1 is 0.886 bits per heavy atom. The third-order valence-electron chi connectivity index (χ3n) is 5.06. The van der Waals surface area contributed by atoms with Crippen LogP contribution in [0.4, 0.5) is 5.69 Å². The molecule has 0 spiro atoms. The lowest BCUT2D eigenvalue weighted by molar-refractivity contribution is 0.102. The number of carbonyl (C=O) groups excluding carboxylic acids is 1. The van der Waals surface area contributed by atoms with Gasteiger partial charge in [0.2, 0.25) is 10.0 Å². The Morgan fingerprint density at radius 3 is 2.29 bits per heavy atom. The van der Waals surface area contributed by atoms with Crippen molar-refractivity contribution in [3.05, 3.63) is 77.9 Å². The molecule has 3 aromatic rings. The van der Waals surface area contributed by atoms with Crippen molar-refractivity contribution >= 4 is 21.6 Å². The molecule has 0 aliphatic heterocycles. The van der Waals surface area contributed by atoms with Gasteiger partial charge in [-0.3, -0.25) is 4.79 Å². The molecule has 0 atom stereocenters. The number of anilines is 1. The van der Waals surface area contributed by atoms with E-state index >= 15 is 0 Å². The molecule has 0 saturated heterocycles. The third-order valence-corrected chi connectivity index (χ3v) is 7.02. The van der Waals surface area contributed by atoms with E-state index in [4.69, 9.17) is 14.2 Å². The van der Waals surface area contributed by atoms with Crippen molar-refractivity contribution in [1.29, 1.82) is 0 Å². The highest BCUT2D eigenvalue weighted by atomic mass is 32.2. The van der Waals surface area contributed by atoms with Gasteiger partial charge in [0.25, 0.3) is 5.91 Å². The highest BCUT2D eigenvalue weighted by molar-refractivity contribution is 7.89. The first kappa shape index (κ1) is 26.1. The predicted molar refractivity (Wildman–Crippen MR) is 135 cm³/mol. The fourth-order valence-electron chi connectivity index (χ4n) is 3.22. The Morgan fingerprint density at radius 2 is 1.60 bits per heavy atom. The van der Waals surface area contributed by atoms with Crippen LogP contribution in [0.1, 0.15) is 22.8 Å². The van der Waals surface area contributed by atoms with Crippen LogP contribution < -0.4 is 19.5 Å². The Bertz CT molecular complexity index is 1260. The summed E-state index contributed by atoms with van der Waals surface area (Å²) in [5.41, 5.74) is 1.31. The number of aryl methyl sites for hydroxylation is 1. The first-order valence-corrected chi connectivity index (χ1v) is 12.6. The molecule has 0 bridgehead atoms. The lowest BCUT2D eigenvalue weighted by atomic mass is 10.1. The molecule has 9 heteroatoms. The van der Waals surface area contributed by atoms with Gasteiger partial charge in [-0.05, 0) is 61.9 Å². The molecule has 0 aliphatic carbocycles. The molecule has 0 aliphatic rings. The van der Waals surface area contributed by atoms with Crippen LogP contribution in [0.5, 0.6) is 17.2 Å². The zero-order valence-corrected chi connectivity index (χ0v) is 21.1. The zero-order chi connectivity index (χ0) is 25.4. The minimum absolute atomic E-state index is 0.136. The summed E-state index contributed by atoms with van der Waals surface area (Å²) in [4.78, 5) is 13.0. The van der Waals surface area contributed by atoms with Crippen molar-refractivity contribution in [2.45, 2.75) is 18.7 Å². The Balaban J connectivity index is 1.70. The van der Waals surface area contributed by atoms with Crippen molar-refractivity contribution in [2.24, 2.45) is 0 Å². The summed E-state index contributed by atoms with van der Waals surface area (Å²) >= 11 is 0. The highest BCUT2D eigenvalue weighted by Crippen LogP contribution is 2.29. The van der Waals surface area contributed by atoms with Crippen LogP contribution in [0.3, 0.4) is 0 Å². The number of hydrogen-bond donors (Lipinski definition) is 1. The fraction of sp³-hybridized carbons (Fsp3) is 0.269. The third kappa shape index (κ3) is 6.74. The molecule has 0 aromatic heterocycles. The van der Waals surface area contributed by atoms with Gasteiger partial charge in [0.05, 0.1) is 11.5 Å². The van der Waals surface area contributed by atoms with Crippen LogP contribution in [-0.4, -0.2) is 52.5 Å². The topological polar surface area (TPSA) is 94.2 Å². The summed E-state index contributed by atoms with van der Waals surface area (Å²) in [7, 11) is -0.714. The van der Waals surface area contributed by atoms with Gasteiger partial charge < -0.3 is 19.5 Å². The number of sulfonamides is 1. The first-order chi connectivity index (χ1) is 16.7. The van der Waals surface area contributed by atoms with E-state index in [0.29, 0.717) is 48.1 Å². The van der Waals surface area contributed by atoms with Crippen LogP contribution in [0.25, 0.3) is 0 Å². The van der Waals surface area contributed by atoms with Gasteiger partial charge in [0, 0.05) is 25.3 Å². The van der Waals surface area contributed by atoms with Gasteiger partial charge >= 0.3 is 0 Å². The molecule has 0 saturated carbocycles. The second-order valence-electron chi connectivity index (χ2n) is 7.83. The predicted octanol–water partition coefficient (Wildman–Crippen LogP) is 4.35. The maximum absolute atomic E-state index is 12.9. The molecule has 0 fully saturated rings. The van der Waals surface area contributed by atoms with Gasteiger partial charge in [-0.1, -0.05) is 24.3 Å². The van der Waals surface area contributed by atoms with Crippen molar-refractivity contribution < 1.29 is 27.4 Å². The van der Waals surface area contributed by atoms with Crippen LogP contribution in [-0.2, 0) is 10.0 Å². The second-order valence-corrected chi connectivity index (χ2v) is 9.95. The number of ether oxygens (including phenoxy) is 3. The molecule has 0 heterocycles. The van der Waals surface area contributed by atoms with Crippen molar-refractivity contribution in [1.82, 2.24) is 4.31 Å². The van der Waals surface area contributed by atoms with E-state index in [1.807, 2.05) is 37.3 Å². The summed E-state index contributed by atoms with van der Waals surface area (Å²) in [6, 6.07) is 19.1. The Kier molecular flexibility index (Phi) is 8.73. The maximum Gasteiger partial charge on any atom is 0.255 e. The van der Waals surface area contributed by atoms with E-state index in [2.05, 4.69) is 5.32 Å². The first-order valence-electron chi connectivity index (χ1n) is 11.1. The molecular weight excluding hydrogens is 468 g/mol. The van der Waals surface area contributed by atoms with E-state index in [1.165, 1.54) is 20.2 Å². The maximum atomic E-state index is 12.9. The fourth-order valence-corrected chi connectivity index (χ4v) is 4.36. The van der Waals surface area contributed by atoms with E-state index in [9.17, 15) is 13.2 Å². The molecule has 3 aromatic carbocycles. The van der Waals surface area contributed by atoms with Crippen LogP contribution in [0.2, 0.25) is 0 Å². The van der Waals surface area contributed by atoms with Gasteiger partial charge in [-0.2, -0.15) is 0 Å². The molecule has 3 rings (SSSR count). The summed E-state index contributed by atoms with van der Waals surface area (Å²) in [6.07, 6.45) is 0. The smallest absolute Gasteiger partial charge is 0.255 e. The summed E-state index contributed by atoms with van der Waals surface area (Å²) in [5.74, 6) is 1.28. The summed E-state index contributed by atoms with van der Waals surface area (Å²) in [6.45, 7) is 4.59. The zero-order valence-electron chi connectivity index (χ0n) is 20.3. The van der Waals surface area contributed by atoms with Crippen LogP contribution in [0, 0.1) is 6.92 Å². The quantitative estimate of drug-likeness (QED) is 0.395. The van der Waals surface area contributed by atoms with Crippen LogP contribution >= 0.6 is 0 Å². The SMILES string of the molecule is CCOc1cc(C(=O)Nc2ccc(C)c(S(=O)(=O)N(C)C)c2)ccc1OCCOc1ccccc1. The molecule has 1 N–H and O–H groups in total. The van der Waals surface area contributed by atoms with Gasteiger partial charge in [0.15, 0.2) is 11.5 Å². The van der Waals surface area contributed by atoms with E-state index in [1.54, 1.807) is 37.3 Å². The number of benzene rings is 3. The minimum atomic E-state index is -3.64. The summed E-state index contributed by atoms with van der Waals surface area (Å²) in [5, 5.41) is 2.76. The lowest BCUT2D eigenvalue weighted by Gasteiger charge is -2.16. The lowest BCUT2D eigenvalue weighted by Crippen LogP contribution is -2.23. The van der Waals surface area contributed by atoms with E-state index in [-0.39, 0.29) is 4.90 Å². The minimum Gasteiger partial charge on any atom is -0.490 e. The molecule has 186 valence electrons. The molecule has 0 radical (unpaired) electrons. The Labute approximate surface area is 206 Å². The van der Waals surface area contributed by atoms with Gasteiger partial charge in [-0.25, -0.2) is 12.7 Å². The van der Waals surface area contributed by atoms with Crippen molar-refractivity contribution in [2.75, 3.05) is 39.2 Å². The van der Waals surface area contributed by atoms with Gasteiger partial charge in [0.1, 0.15) is 19.0 Å². The number of carbonyl (C=O) groups is 1. The van der Waals surface area contributed by atoms with Crippen molar-refractivity contribution in [3.63, 3.8) is 0 Å². The Hall–Kier alpha value is -3.56. The molecule has 0 unspecified atom stereocenters. The number of hydrogen-bond acceptors (Lipinski definition) is 6. The monoisotopic (exact) mass is 498 g/mol. The molecule has 8 nitrogen and oxygen atoms in total. The highest BCUT2D eigenvalue weighted by Gasteiger charge is 2.21.